The lowest BCUT2D eigenvalue weighted by Gasteiger charge is -2.34. The highest BCUT2D eigenvalue weighted by atomic mass is 16.7. The van der Waals surface area contributed by atoms with Gasteiger partial charge in [-0.25, -0.2) is 4.98 Å². The molecule has 5 nitrogen and oxygen atoms in total. The zero-order valence-corrected chi connectivity index (χ0v) is 13.7. The van der Waals surface area contributed by atoms with Crippen LogP contribution >= 0.6 is 0 Å². The molecule has 0 bridgehead atoms. The predicted octanol–water partition coefficient (Wildman–Crippen LogP) is 2.63. The van der Waals surface area contributed by atoms with E-state index in [9.17, 15) is 0 Å². The molecule has 3 rings (SSSR count). The van der Waals surface area contributed by atoms with Crippen LogP contribution in [0.15, 0.2) is 12.4 Å². The van der Waals surface area contributed by atoms with Crippen LogP contribution in [0.3, 0.4) is 0 Å². The van der Waals surface area contributed by atoms with Crippen LogP contribution in [0, 0.1) is 0 Å². The second-order valence-electron chi connectivity index (χ2n) is 6.37. The molecule has 0 aliphatic carbocycles. The lowest BCUT2D eigenvalue weighted by molar-refractivity contribution is -0.164. The molecule has 0 amide bonds. The summed E-state index contributed by atoms with van der Waals surface area (Å²) in [5, 5.41) is 0. The first kappa shape index (κ1) is 16.0. The zero-order chi connectivity index (χ0) is 15.2. The van der Waals surface area contributed by atoms with E-state index in [0.29, 0.717) is 6.04 Å². The Hall–Kier alpha value is -0.910. The van der Waals surface area contributed by atoms with Crippen LogP contribution in [0.1, 0.15) is 50.9 Å². The Balaban J connectivity index is 1.44. The maximum atomic E-state index is 5.87. The van der Waals surface area contributed by atoms with Gasteiger partial charge < -0.3 is 14.0 Å². The first-order chi connectivity index (χ1) is 10.9. The van der Waals surface area contributed by atoms with Crippen molar-refractivity contribution in [1.82, 2.24) is 14.5 Å². The van der Waals surface area contributed by atoms with Crippen molar-refractivity contribution in [3.8, 4) is 0 Å². The Kier molecular flexibility index (Phi) is 5.87. The summed E-state index contributed by atoms with van der Waals surface area (Å²) in [4.78, 5) is 6.99. The van der Waals surface area contributed by atoms with Crippen LogP contribution in [-0.4, -0.2) is 53.6 Å². The van der Waals surface area contributed by atoms with Crippen molar-refractivity contribution in [2.45, 2.75) is 57.8 Å². The van der Waals surface area contributed by atoms with Crippen LogP contribution < -0.4 is 0 Å². The van der Waals surface area contributed by atoms with Gasteiger partial charge in [0.1, 0.15) is 5.82 Å². The van der Waals surface area contributed by atoms with Gasteiger partial charge >= 0.3 is 0 Å². The molecule has 124 valence electrons. The average molecular weight is 307 g/mol. The molecule has 1 aromatic heterocycles. The summed E-state index contributed by atoms with van der Waals surface area (Å²) in [5.74, 6) is 1.21. The van der Waals surface area contributed by atoms with Crippen LogP contribution in [0.5, 0.6) is 0 Å². The number of piperidine rings is 1. The number of aryl methyl sites for hydroxylation is 1. The van der Waals surface area contributed by atoms with E-state index in [0.717, 1.165) is 39.1 Å². The Morgan fingerprint density at radius 3 is 3.09 bits per heavy atom. The first-order valence-electron chi connectivity index (χ1n) is 8.84. The largest absolute Gasteiger partial charge is 0.353 e. The van der Waals surface area contributed by atoms with Gasteiger partial charge in [-0.3, -0.25) is 4.90 Å². The predicted molar refractivity (Wildman–Crippen MR) is 85.9 cm³/mol. The molecule has 2 fully saturated rings. The molecule has 0 spiro atoms. The molecule has 2 aliphatic rings. The SMILES string of the molecule is CCc1nccn1[C@H]1CCCN(CCO[C@H]2CCCCO2)C1. The molecule has 0 N–H and O–H groups in total. The maximum Gasteiger partial charge on any atom is 0.157 e. The number of likely N-dealkylation sites (tertiary alicyclic amines) is 1. The Morgan fingerprint density at radius 1 is 1.32 bits per heavy atom. The smallest absolute Gasteiger partial charge is 0.157 e. The van der Waals surface area contributed by atoms with Gasteiger partial charge in [0.2, 0.25) is 0 Å². The Morgan fingerprint density at radius 2 is 2.27 bits per heavy atom. The summed E-state index contributed by atoms with van der Waals surface area (Å²) >= 11 is 0. The van der Waals surface area contributed by atoms with E-state index in [1.165, 1.54) is 38.1 Å². The monoisotopic (exact) mass is 307 g/mol. The number of hydrogen-bond acceptors (Lipinski definition) is 4. The van der Waals surface area contributed by atoms with E-state index in [1.807, 2.05) is 6.20 Å². The van der Waals surface area contributed by atoms with Gasteiger partial charge in [-0.2, -0.15) is 0 Å². The Bertz CT molecular complexity index is 443. The molecule has 2 saturated heterocycles. The quantitative estimate of drug-likeness (QED) is 0.810. The van der Waals surface area contributed by atoms with Gasteiger partial charge in [0.05, 0.1) is 6.61 Å². The minimum Gasteiger partial charge on any atom is -0.353 e. The fourth-order valence-corrected chi connectivity index (χ4v) is 3.57. The lowest BCUT2D eigenvalue weighted by Crippen LogP contribution is -2.39. The summed E-state index contributed by atoms with van der Waals surface area (Å²) in [6.07, 6.45) is 11.1. The maximum absolute atomic E-state index is 5.87. The van der Waals surface area contributed by atoms with Crippen molar-refractivity contribution in [2.24, 2.45) is 0 Å². The lowest BCUT2D eigenvalue weighted by atomic mass is 10.1. The number of rotatable bonds is 6. The number of hydrogen-bond donors (Lipinski definition) is 0. The minimum absolute atomic E-state index is 0.0367. The first-order valence-corrected chi connectivity index (χ1v) is 8.84. The van der Waals surface area contributed by atoms with Crippen LogP contribution in [-0.2, 0) is 15.9 Å². The third-order valence-corrected chi connectivity index (χ3v) is 4.79. The van der Waals surface area contributed by atoms with Crippen molar-refractivity contribution < 1.29 is 9.47 Å². The zero-order valence-electron chi connectivity index (χ0n) is 13.7. The molecule has 5 heteroatoms. The molecule has 2 aliphatic heterocycles. The fraction of sp³-hybridized carbons (Fsp3) is 0.824. The standard InChI is InChI=1S/C17H29N3O2/c1-2-16-18-8-10-20(16)15-6-5-9-19(14-15)11-13-22-17-7-3-4-12-21-17/h8,10,15,17H,2-7,9,11-14H2,1H3/t15-,17-/m0/s1. The summed E-state index contributed by atoms with van der Waals surface area (Å²) < 4.78 is 13.9. The van der Waals surface area contributed by atoms with E-state index in [-0.39, 0.29) is 6.29 Å². The normalized spacial score (nSPS) is 27.1. The van der Waals surface area contributed by atoms with Crippen LogP contribution in [0.2, 0.25) is 0 Å². The molecule has 0 saturated carbocycles. The highest BCUT2D eigenvalue weighted by Gasteiger charge is 2.22. The van der Waals surface area contributed by atoms with Gasteiger partial charge in [-0.1, -0.05) is 6.92 Å². The molecule has 22 heavy (non-hydrogen) atoms. The van der Waals surface area contributed by atoms with E-state index < -0.39 is 0 Å². The van der Waals surface area contributed by atoms with Gasteiger partial charge in [-0.05, 0) is 38.6 Å². The van der Waals surface area contributed by atoms with Crippen molar-refractivity contribution in [3.05, 3.63) is 18.2 Å². The Labute approximate surface area is 133 Å². The molecule has 1 aromatic rings. The second kappa shape index (κ2) is 8.09. The van der Waals surface area contributed by atoms with Gasteiger partial charge in [-0.15, -0.1) is 0 Å². The molecular formula is C17H29N3O2. The van der Waals surface area contributed by atoms with Gasteiger partial charge in [0.15, 0.2) is 6.29 Å². The van der Waals surface area contributed by atoms with E-state index in [2.05, 4.69) is 27.6 Å². The molecule has 0 unspecified atom stereocenters. The summed E-state index contributed by atoms with van der Waals surface area (Å²) in [6.45, 7) is 7.11. The summed E-state index contributed by atoms with van der Waals surface area (Å²) in [5.41, 5.74) is 0. The number of nitrogens with zero attached hydrogens (tertiary/aromatic N) is 3. The molecule has 2 atom stereocenters. The fourth-order valence-electron chi connectivity index (χ4n) is 3.57. The molecule has 0 radical (unpaired) electrons. The van der Waals surface area contributed by atoms with Crippen molar-refractivity contribution in [1.29, 1.82) is 0 Å². The molecular weight excluding hydrogens is 278 g/mol. The number of ether oxygens (including phenoxy) is 2. The minimum atomic E-state index is 0.0367. The van der Waals surface area contributed by atoms with Crippen molar-refractivity contribution >= 4 is 0 Å². The molecule has 0 aromatic carbocycles. The molecule has 3 heterocycles. The van der Waals surface area contributed by atoms with Crippen molar-refractivity contribution in [3.63, 3.8) is 0 Å². The third kappa shape index (κ3) is 4.09. The van der Waals surface area contributed by atoms with Gasteiger partial charge in [0, 0.05) is 44.6 Å². The van der Waals surface area contributed by atoms with Gasteiger partial charge in [0.25, 0.3) is 0 Å². The summed E-state index contributed by atoms with van der Waals surface area (Å²) in [6, 6.07) is 0.567. The second-order valence-corrected chi connectivity index (χ2v) is 6.37. The number of aromatic nitrogens is 2. The summed E-state index contributed by atoms with van der Waals surface area (Å²) in [7, 11) is 0. The van der Waals surface area contributed by atoms with Crippen LogP contribution in [0.4, 0.5) is 0 Å². The third-order valence-electron chi connectivity index (χ3n) is 4.79. The van der Waals surface area contributed by atoms with Crippen LogP contribution in [0.25, 0.3) is 0 Å². The highest BCUT2D eigenvalue weighted by molar-refractivity contribution is 4.96. The van der Waals surface area contributed by atoms with Crippen molar-refractivity contribution in [2.75, 3.05) is 32.8 Å². The van der Waals surface area contributed by atoms with E-state index in [1.54, 1.807) is 0 Å². The highest BCUT2D eigenvalue weighted by Crippen LogP contribution is 2.23. The van der Waals surface area contributed by atoms with E-state index >= 15 is 0 Å². The topological polar surface area (TPSA) is 39.5 Å². The average Bonchev–Trinajstić information content (AvgIpc) is 3.05. The number of imidazole rings is 1. The van der Waals surface area contributed by atoms with E-state index in [4.69, 9.17) is 9.47 Å².